The van der Waals surface area contributed by atoms with Crippen LogP contribution in [0.4, 0.5) is 4.79 Å². The van der Waals surface area contributed by atoms with Crippen molar-refractivity contribution in [3.63, 3.8) is 0 Å². The summed E-state index contributed by atoms with van der Waals surface area (Å²) in [6.45, 7) is 8.27. The Morgan fingerprint density at radius 1 is 1.53 bits per heavy atom. The van der Waals surface area contributed by atoms with E-state index in [0.717, 1.165) is 24.4 Å². The average molecular weight is 268 g/mol. The fraction of sp³-hybridized carbons (Fsp3) is 0.692. The lowest BCUT2D eigenvalue weighted by Gasteiger charge is -2.20. The molecule has 108 valence electrons. The quantitative estimate of drug-likeness (QED) is 0.722. The molecule has 0 unspecified atom stereocenters. The van der Waals surface area contributed by atoms with Crippen LogP contribution >= 0.6 is 0 Å². The van der Waals surface area contributed by atoms with Crippen molar-refractivity contribution in [3.8, 4) is 0 Å². The molecule has 6 nitrogen and oxygen atoms in total. The monoisotopic (exact) mass is 268 g/mol. The molecule has 6 heteroatoms. The lowest BCUT2D eigenvalue weighted by molar-refractivity contribution is 0.180. The number of carbonyl (C=O) groups excluding carboxylic acids is 1. The Kier molecular flexibility index (Phi) is 6.35. The second-order valence-electron chi connectivity index (χ2n) is 4.54. The summed E-state index contributed by atoms with van der Waals surface area (Å²) >= 11 is 0. The van der Waals surface area contributed by atoms with Crippen LogP contribution in [0.5, 0.6) is 0 Å². The number of amides is 2. The van der Waals surface area contributed by atoms with Gasteiger partial charge in [-0.25, -0.2) is 4.79 Å². The molecule has 0 aliphatic heterocycles. The van der Waals surface area contributed by atoms with Gasteiger partial charge in [0.2, 0.25) is 0 Å². The summed E-state index contributed by atoms with van der Waals surface area (Å²) < 4.78 is 1.95. The van der Waals surface area contributed by atoms with Gasteiger partial charge in [0.1, 0.15) is 0 Å². The normalized spacial score (nSPS) is 10.5. The van der Waals surface area contributed by atoms with Gasteiger partial charge in [0.05, 0.1) is 12.3 Å². The number of nitrogens with one attached hydrogen (secondary N) is 1. The minimum Gasteiger partial charge on any atom is -0.395 e. The maximum atomic E-state index is 11.7. The average Bonchev–Trinajstić information content (AvgIpc) is 2.70. The number of carbonyl (C=O) groups is 1. The number of rotatable bonds is 7. The van der Waals surface area contributed by atoms with E-state index in [1.165, 1.54) is 0 Å². The largest absolute Gasteiger partial charge is 0.395 e. The number of aryl methyl sites for hydroxylation is 3. The van der Waals surface area contributed by atoms with Crippen LogP contribution in [-0.4, -0.2) is 52.1 Å². The van der Waals surface area contributed by atoms with Crippen LogP contribution in [0.1, 0.15) is 24.7 Å². The van der Waals surface area contributed by atoms with Crippen LogP contribution in [0.15, 0.2) is 6.07 Å². The lowest BCUT2D eigenvalue weighted by atomic mass is 10.4. The van der Waals surface area contributed by atoms with E-state index in [0.29, 0.717) is 19.6 Å². The highest BCUT2D eigenvalue weighted by Gasteiger charge is 2.09. The first-order chi connectivity index (χ1) is 9.08. The Hall–Kier alpha value is -1.56. The van der Waals surface area contributed by atoms with Crippen LogP contribution in [-0.2, 0) is 6.54 Å². The van der Waals surface area contributed by atoms with E-state index in [2.05, 4.69) is 10.4 Å². The molecule has 1 aromatic heterocycles. The molecule has 0 spiro atoms. The molecule has 1 rings (SSSR count). The first-order valence-corrected chi connectivity index (χ1v) is 6.73. The van der Waals surface area contributed by atoms with Crippen LogP contribution in [0.2, 0.25) is 0 Å². The van der Waals surface area contributed by atoms with Crippen LogP contribution in [0, 0.1) is 13.8 Å². The molecule has 0 aliphatic carbocycles. The molecule has 19 heavy (non-hydrogen) atoms. The van der Waals surface area contributed by atoms with Gasteiger partial charge in [-0.2, -0.15) is 5.10 Å². The zero-order valence-electron chi connectivity index (χ0n) is 12.0. The van der Waals surface area contributed by atoms with Gasteiger partial charge in [0.15, 0.2) is 0 Å². The molecular formula is C13H24N4O2. The first-order valence-electron chi connectivity index (χ1n) is 6.73. The van der Waals surface area contributed by atoms with Gasteiger partial charge in [-0.05, 0) is 33.3 Å². The molecule has 0 bridgehead atoms. The number of nitrogens with zero attached hydrogens (tertiary/aromatic N) is 3. The van der Waals surface area contributed by atoms with E-state index >= 15 is 0 Å². The molecule has 0 atom stereocenters. The fourth-order valence-corrected chi connectivity index (χ4v) is 1.96. The van der Waals surface area contributed by atoms with Crippen LogP contribution < -0.4 is 5.32 Å². The topological polar surface area (TPSA) is 70.4 Å². The third-order valence-electron chi connectivity index (χ3n) is 2.97. The van der Waals surface area contributed by atoms with Crippen molar-refractivity contribution >= 4 is 6.03 Å². The van der Waals surface area contributed by atoms with Crippen LogP contribution in [0.3, 0.4) is 0 Å². The van der Waals surface area contributed by atoms with Gasteiger partial charge in [0, 0.05) is 31.9 Å². The fourth-order valence-electron chi connectivity index (χ4n) is 1.96. The molecule has 2 amide bonds. The maximum Gasteiger partial charge on any atom is 0.317 e. The van der Waals surface area contributed by atoms with Gasteiger partial charge in [-0.1, -0.05) is 0 Å². The predicted octanol–water partition coefficient (Wildman–Crippen LogP) is 0.914. The van der Waals surface area contributed by atoms with Gasteiger partial charge in [0.25, 0.3) is 0 Å². The van der Waals surface area contributed by atoms with Crippen molar-refractivity contribution in [1.29, 1.82) is 0 Å². The molecule has 1 heterocycles. The van der Waals surface area contributed by atoms with Crippen LogP contribution in [0.25, 0.3) is 0 Å². The van der Waals surface area contributed by atoms with Crippen molar-refractivity contribution in [2.45, 2.75) is 33.7 Å². The number of aromatic nitrogens is 2. The van der Waals surface area contributed by atoms with E-state index in [1.807, 2.05) is 31.5 Å². The van der Waals surface area contributed by atoms with E-state index in [9.17, 15) is 4.79 Å². The van der Waals surface area contributed by atoms with Crippen molar-refractivity contribution in [1.82, 2.24) is 20.0 Å². The molecule has 0 aromatic carbocycles. The Morgan fingerprint density at radius 3 is 2.79 bits per heavy atom. The summed E-state index contributed by atoms with van der Waals surface area (Å²) in [6.07, 6.45) is 0.838. The summed E-state index contributed by atoms with van der Waals surface area (Å²) in [7, 11) is 0. The minimum atomic E-state index is -0.120. The maximum absolute atomic E-state index is 11.7. The zero-order valence-corrected chi connectivity index (χ0v) is 12.0. The third-order valence-corrected chi connectivity index (χ3v) is 2.97. The summed E-state index contributed by atoms with van der Waals surface area (Å²) in [5.41, 5.74) is 2.15. The number of aliphatic hydroxyl groups excluding tert-OH is 1. The Balaban J connectivity index is 2.27. The second-order valence-corrected chi connectivity index (χ2v) is 4.54. The minimum absolute atomic E-state index is 0.00693. The Labute approximate surface area is 114 Å². The van der Waals surface area contributed by atoms with Crippen molar-refractivity contribution in [3.05, 3.63) is 17.5 Å². The highest BCUT2D eigenvalue weighted by molar-refractivity contribution is 5.74. The molecule has 2 N–H and O–H groups in total. The van der Waals surface area contributed by atoms with Gasteiger partial charge < -0.3 is 15.3 Å². The molecule has 0 saturated heterocycles. The summed E-state index contributed by atoms with van der Waals surface area (Å²) in [5.74, 6) is 0. The van der Waals surface area contributed by atoms with Gasteiger partial charge >= 0.3 is 6.03 Å². The highest BCUT2D eigenvalue weighted by atomic mass is 16.3. The standard InChI is InChI=1S/C13H24N4O2/c1-4-16(8-9-18)13(19)14-6-5-7-17-12(3)10-11(2)15-17/h10,18H,4-9H2,1-3H3,(H,14,19). The van der Waals surface area contributed by atoms with E-state index in [4.69, 9.17) is 5.11 Å². The second kappa shape index (κ2) is 7.78. The number of aliphatic hydroxyl groups is 1. The zero-order chi connectivity index (χ0) is 14.3. The lowest BCUT2D eigenvalue weighted by Crippen LogP contribution is -2.41. The van der Waals surface area contributed by atoms with E-state index in [-0.39, 0.29) is 12.6 Å². The summed E-state index contributed by atoms with van der Waals surface area (Å²) in [5, 5.41) is 16.1. The highest BCUT2D eigenvalue weighted by Crippen LogP contribution is 2.02. The first kappa shape index (κ1) is 15.5. The number of urea groups is 1. The van der Waals surface area contributed by atoms with Gasteiger partial charge in [-0.15, -0.1) is 0 Å². The molecular weight excluding hydrogens is 244 g/mol. The van der Waals surface area contributed by atoms with Crippen molar-refractivity contribution in [2.75, 3.05) is 26.2 Å². The number of hydrogen-bond donors (Lipinski definition) is 2. The third kappa shape index (κ3) is 4.90. The van der Waals surface area contributed by atoms with E-state index in [1.54, 1.807) is 4.90 Å². The summed E-state index contributed by atoms with van der Waals surface area (Å²) in [6, 6.07) is 1.92. The number of hydrogen-bond acceptors (Lipinski definition) is 3. The Morgan fingerprint density at radius 2 is 2.26 bits per heavy atom. The molecule has 0 fully saturated rings. The van der Waals surface area contributed by atoms with Crippen molar-refractivity contribution in [2.24, 2.45) is 0 Å². The number of likely N-dealkylation sites (N-methyl/N-ethyl adjacent to an activating group) is 1. The van der Waals surface area contributed by atoms with Gasteiger partial charge in [-0.3, -0.25) is 4.68 Å². The SMILES string of the molecule is CCN(CCO)C(=O)NCCCn1nc(C)cc1C. The molecule has 0 aliphatic rings. The molecule has 1 aromatic rings. The van der Waals surface area contributed by atoms with Crippen molar-refractivity contribution < 1.29 is 9.90 Å². The van der Waals surface area contributed by atoms with E-state index < -0.39 is 0 Å². The molecule has 0 radical (unpaired) electrons. The molecule has 0 saturated carbocycles. The summed E-state index contributed by atoms with van der Waals surface area (Å²) in [4.78, 5) is 13.3. The smallest absolute Gasteiger partial charge is 0.317 e. The predicted molar refractivity (Wildman–Crippen MR) is 74.0 cm³/mol. The Bertz CT molecular complexity index is 403.